The summed E-state index contributed by atoms with van der Waals surface area (Å²) in [6.45, 7) is 0.869. The summed E-state index contributed by atoms with van der Waals surface area (Å²) in [5.41, 5.74) is 6.21. The highest BCUT2D eigenvalue weighted by Crippen LogP contribution is 2.28. The maximum absolute atomic E-state index is 12.5. The summed E-state index contributed by atoms with van der Waals surface area (Å²) in [5.74, 6) is 0. The molecule has 1 aliphatic rings. The van der Waals surface area contributed by atoms with Crippen molar-refractivity contribution in [3.05, 3.63) is 27.1 Å². The zero-order valence-electron chi connectivity index (χ0n) is 10.9. The van der Waals surface area contributed by atoms with Crippen molar-refractivity contribution in [2.45, 2.75) is 25.3 Å². The van der Waals surface area contributed by atoms with Gasteiger partial charge < -0.3 is 5.73 Å². The Labute approximate surface area is 136 Å². The van der Waals surface area contributed by atoms with Crippen molar-refractivity contribution in [1.82, 2.24) is 4.31 Å². The molecule has 3 N–H and O–H groups in total. The summed E-state index contributed by atoms with van der Waals surface area (Å²) in [5, 5.41) is 0. The lowest BCUT2D eigenvalue weighted by molar-refractivity contribution is 0.259. The number of rotatable bonds is 4. The average molecular weight is 427 g/mol. The van der Waals surface area contributed by atoms with E-state index in [1.165, 1.54) is 4.31 Å². The van der Waals surface area contributed by atoms with Crippen LogP contribution in [0.15, 0.2) is 27.1 Å². The van der Waals surface area contributed by atoms with Crippen LogP contribution in [-0.4, -0.2) is 31.9 Å². The molecule has 8 heteroatoms. The Balaban J connectivity index is 2.21. The zero-order chi connectivity index (χ0) is 14.8. The number of benzene rings is 1. The molecule has 0 aromatic heterocycles. The Bertz CT molecular complexity index is 580. The van der Waals surface area contributed by atoms with Gasteiger partial charge in [0.15, 0.2) is 0 Å². The van der Waals surface area contributed by atoms with Gasteiger partial charge in [0, 0.05) is 28.1 Å². The predicted octanol–water partition coefficient (Wildman–Crippen LogP) is 2.68. The van der Waals surface area contributed by atoms with E-state index < -0.39 is 10.2 Å². The van der Waals surface area contributed by atoms with Crippen LogP contribution in [0, 0.1) is 0 Å². The fourth-order valence-electron chi connectivity index (χ4n) is 2.30. The number of hydrogen-bond acceptors (Lipinski definition) is 3. The molecule has 1 fully saturated rings. The minimum atomic E-state index is -3.57. The highest BCUT2D eigenvalue weighted by Gasteiger charge is 2.31. The molecule has 1 aromatic rings. The monoisotopic (exact) mass is 425 g/mol. The lowest BCUT2D eigenvalue weighted by Gasteiger charge is -2.34. The summed E-state index contributed by atoms with van der Waals surface area (Å²) < 4.78 is 30.6. The Kier molecular flexibility index (Phi) is 5.47. The Morgan fingerprint density at radius 2 is 2.10 bits per heavy atom. The van der Waals surface area contributed by atoms with Gasteiger partial charge in [0.25, 0.3) is 0 Å². The van der Waals surface area contributed by atoms with Crippen molar-refractivity contribution >= 4 is 47.8 Å². The second-order valence-electron chi connectivity index (χ2n) is 4.73. The quantitative estimate of drug-likeness (QED) is 0.776. The summed E-state index contributed by atoms with van der Waals surface area (Å²) in [7, 11) is -3.57. The normalized spacial score (nSPS) is 20.9. The van der Waals surface area contributed by atoms with Gasteiger partial charge in [-0.15, -0.1) is 0 Å². The largest absolute Gasteiger partial charge is 0.329 e. The van der Waals surface area contributed by atoms with Crippen molar-refractivity contribution in [1.29, 1.82) is 0 Å². The van der Waals surface area contributed by atoms with E-state index in [4.69, 9.17) is 5.73 Å². The van der Waals surface area contributed by atoms with Crippen LogP contribution in [0.25, 0.3) is 0 Å². The first kappa shape index (κ1) is 16.2. The van der Waals surface area contributed by atoms with Gasteiger partial charge in [-0.1, -0.05) is 22.4 Å². The molecule has 0 aliphatic carbocycles. The van der Waals surface area contributed by atoms with Gasteiger partial charge >= 0.3 is 10.2 Å². The Morgan fingerprint density at radius 1 is 1.35 bits per heavy atom. The molecular formula is C12H17Br2N3O2S. The lowest BCUT2D eigenvalue weighted by atomic mass is 10.1. The molecule has 2 rings (SSSR count). The molecule has 0 bridgehead atoms. The topological polar surface area (TPSA) is 75.4 Å². The lowest BCUT2D eigenvalue weighted by Crippen LogP contribution is -2.49. The van der Waals surface area contributed by atoms with Gasteiger partial charge in [-0.3, -0.25) is 4.72 Å². The molecule has 0 radical (unpaired) electrons. The summed E-state index contributed by atoms with van der Waals surface area (Å²) >= 11 is 6.69. The third kappa shape index (κ3) is 3.73. The highest BCUT2D eigenvalue weighted by atomic mass is 79.9. The Morgan fingerprint density at radius 3 is 2.75 bits per heavy atom. The van der Waals surface area contributed by atoms with Crippen LogP contribution < -0.4 is 10.5 Å². The van der Waals surface area contributed by atoms with E-state index >= 15 is 0 Å². The molecule has 1 aliphatic heterocycles. The van der Waals surface area contributed by atoms with Crippen molar-refractivity contribution in [2.75, 3.05) is 17.8 Å². The van der Waals surface area contributed by atoms with Crippen LogP contribution in [0.4, 0.5) is 5.69 Å². The molecular weight excluding hydrogens is 410 g/mol. The van der Waals surface area contributed by atoms with Crippen LogP contribution >= 0.6 is 31.9 Å². The molecule has 1 heterocycles. The Hall–Kier alpha value is -0.150. The summed E-state index contributed by atoms with van der Waals surface area (Å²) in [6.07, 6.45) is 2.72. The van der Waals surface area contributed by atoms with Crippen LogP contribution in [-0.2, 0) is 10.2 Å². The second-order valence-corrected chi connectivity index (χ2v) is 8.12. The number of halogens is 2. The zero-order valence-corrected chi connectivity index (χ0v) is 14.8. The number of nitrogens with one attached hydrogen (secondary N) is 1. The molecule has 0 saturated carbocycles. The van der Waals surface area contributed by atoms with Crippen LogP contribution in [0.3, 0.4) is 0 Å². The van der Waals surface area contributed by atoms with Crippen molar-refractivity contribution < 1.29 is 8.42 Å². The molecule has 5 nitrogen and oxygen atoms in total. The minimum absolute atomic E-state index is 0.115. The van der Waals surface area contributed by atoms with Crippen molar-refractivity contribution in [2.24, 2.45) is 5.73 Å². The SMILES string of the molecule is NCC1CCCCN1S(=O)(=O)Nc1ccc(Br)cc1Br. The highest BCUT2D eigenvalue weighted by molar-refractivity contribution is 9.11. The van der Waals surface area contributed by atoms with Crippen LogP contribution in [0.5, 0.6) is 0 Å². The molecule has 0 spiro atoms. The maximum atomic E-state index is 12.5. The van der Waals surface area contributed by atoms with E-state index in [1.807, 2.05) is 0 Å². The smallest absolute Gasteiger partial charge is 0.301 e. The first-order chi connectivity index (χ1) is 9.44. The standard InChI is InChI=1S/C12H17Br2N3O2S/c13-9-4-5-12(11(14)7-9)16-20(18,19)17-6-2-1-3-10(17)8-15/h4-5,7,10,16H,1-3,6,8,15H2. The van der Waals surface area contributed by atoms with E-state index in [0.717, 1.165) is 23.7 Å². The van der Waals surface area contributed by atoms with Gasteiger partial charge in [-0.25, -0.2) is 0 Å². The number of nitrogens with two attached hydrogens (primary N) is 1. The second kappa shape index (κ2) is 6.74. The molecule has 112 valence electrons. The van der Waals surface area contributed by atoms with Gasteiger partial charge in [0.05, 0.1) is 5.69 Å². The van der Waals surface area contributed by atoms with Crippen molar-refractivity contribution in [3.8, 4) is 0 Å². The molecule has 1 aromatic carbocycles. The molecule has 1 unspecified atom stereocenters. The number of nitrogens with zero attached hydrogens (tertiary/aromatic N) is 1. The third-order valence-electron chi connectivity index (χ3n) is 3.32. The third-order valence-corrected chi connectivity index (χ3v) is 6.05. The molecule has 1 atom stereocenters. The van der Waals surface area contributed by atoms with Gasteiger partial charge in [0.1, 0.15) is 0 Å². The first-order valence-electron chi connectivity index (χ1n) is 6.39. The van der Waals surface area contributed by atoms with Gasteiger partial charge in [-0.2, -0.15) is 12.7 Å². The van der Waals surface area contributed by atoms with Crippen LogP contribution in [0.1, 0.15) is 19.3 Å². The number of anilines is 1. The van der Waals surface area contributed by atoms with E-state index in [-0.39, 0.29) is 6.04 Å². The van der Waals surface area contributed by atoms with E-state index in [9.17, 15) is 8.42 Å². The van der Waals surface area contributed by atoms with Gasteiger partial charge in [0.2, 0.25) is 0 Å². The average Bonchev–Trinajstić information content (AvgIpc) is 2.42. The number of piperidine rings is 1. The minimum Gasteiger partial charge on any atom is -0.329 e. The number of hydrogen-bond donors (Lipinski definition) is 2. The first-order valence-corrected chi connectivity index (χ1v) is 9.41. The summed E-state index contributed by atoms with van der Waals surface area (Å²) in [4.78, 5) is 0. The van der Waals surface area contributed by atoms with E-state index in [0.29, 0.717) is 23.2 Å². The molecule has 20 heavy (non-hydrogen) atoms. The predicted molar refractivity (Wildman–Crippen MR) is 87.8 cm³/mol. The van der Waals surface area contributed by atoms with Gasteiger partial charge in [-0.05, 0) is 47.0 Å². The van der Waals surface area contributed by atoms with Crippen LogP contribution in [0.2, 0.25) is 0 Å². The fraction of sp³-hybridized carbons (Fsp3) is 0.500. The maximum Gasteiger partial charge on any atom is 0.301 e. The fourth-order valence-corrected chi connectivity index (χ4v) is 5.10. The summed E-state index contributed by atoms with van der Waals surface area (Å²) in [6, 6.07) is 5.19. The van der Waals surface area contributed by atoms with E-state index in [1.54, 1.807) is 18.2 Å². The molecule has 1 saturated heterocycles. The van der Waals surface area contributed by atoms with Crippen molar-refractivity contribution in [3.63, 3.8) is 0 Å². The van der Waals surface area contributed by atoms with E-state index in [2.05, 4.69) is 36.6 Å². The molecule has 0 amide bonds.